The van der Waals surface area contributed by atoms with Gasteiger partial charge < -0.3 is 10.6 Å². The summed E-state index contributed by atoms with van der Waals surface area (Å²) in [6.45, 7) is 0.326. The smallest absolute Gasteiger partial charge is 0.243 e. The Morgan fingerprint density at radius 1 is 1.73 bits per heavy atom. The van der Waals surface area contributed by atoms with Crippen LogP contribution in [0.25, 0.3) is 0 Å². The van der Waals surface area contributed by atoms with Crippen molar-refractivity contribution in [2.45, 2.75) is 0 Å². The number of carbonyl (C=O) groups is 1. The van der Waals surface area contributed by atoms with Crippen molar-refractivity contribution < 1.29 is 4.79 Å². The molecule has 1 amide bonds. The maximum Gasteiger partial charge on any atom is 0.243 e. The number of nitrogens with one attached hydrogen (secondary N) is 2. The van der Waals surface area contributed by atoms with Crippen LogP contribution in [0.4, 0.5) is 11.5 Å². The van der Waals surface area contributed by atoms with Crippen LogP contribution in [-0.2, 0) is 11.8 Å². The van der Waals surface area contributed by atoms with Crippen LogP contribution in [0, 0.1) is 0 Å². The molecule has 58 valence electrons. The van der Waals surface area contributed by atoms with E-state index in [1.54, 1.807) is 10.9 Å². The number of amides is 1. The second kappa shape index (κ2) is 1.98. The van der Waals surface area contributed by atoms with Crippen LogP contribution in [0.2, 0.25) is 0 Å². The number of anilines is 2. The third-order valence-corrected chi connectivity index (χ3v) is 1.63. The van der Waals surface area contributed by atoms with Crippen LogP contribution in [0.5, 0.6) is 0 Å². The molecule has 1 aromatic rings. The Morgan fingerprint density at radius 3 is 3.36 bits per heavy atom. The maximum atomic E-state index is 10.8. The summed E-state index contributed by atoms with van der Waals surface area (Å²) in [4.78, 5) is 10.8. The Hall–Kier alpha value is -1.52. The lowest BCUT2D eigenvalue weighted by molar-refractivity contribution is -0.114. The number of rotatable bonds is 0. The lowest BCUT2D eigenvalue weighted by Gasteiger charge is -2.14. The molecule has 2 heterocycles. The Kier molecular flexibility index (Phi) is 1.12. The van der Waals surface area contributed by atoms with Crippen LogP contribution in [0.15, 0.2) is 6.20 Å². The summed E-state index contributed by atoms with van der Waals surface area (Å²) >= 11 is 0. The molecule has 1 aliphatic rings. The van der Waals surface area contributed by atoms with Crippen molar-refractivity contribution in [3.05, 3.63) is 6.20 Å². The highest BCUT2D eigenvalue weighted by atomic mass is 16.2. The minimum Gasteiger partial charge on any atom is -0.359 e. The van der Waals surface area contributed by atoms with E-state index in [0.717, 1.165) is 11.5 Å². The minimum absolute atomic E-state index is 0.0227. The number of hydrogen-bond acceptors (Lipinski definition) is 3. The number of carbonyl (C=O) groups excluding carboxylic acids is 1. The van der Waals surface area contributed by atoms with Gasteiger partial charge in [0.2, 0.25) is 5.91 Å². The van der Waals surface area contributed by atoms with Crippen molar-refractivity contribution in [2.75, 3.05) is 17.2 Å². The summed E-state index contributed by atoms with van der Waals surface area (Å²) < 4.78 is 1.69. The van der Waals surface area contributed by atoms with Gasteiger partial charge in [-0.3, -0.25) is 9.48 Å². The van der Waals surface area contributed by atoms with Gasteiger partial charge in [0.25, 0.3) is 0 Å². The molecular formula is C6H8N4O. The van der Waals surface area contributed by atoms with E-state index in [4.69, 9.17) is 0 Å². The maximum absolute atomic E-state index is 10.8. The third kappa shape index (κ3) is 0.849. The van der Waals surface area contributed by atoms with Crippen LogP contribution in [0.3, 0.4) is 0 Å². The zero-order chi connectivity index (χ0) is 7.84. The van der Waals surface area contributed by atoms with Crippen molar-refractivity contribution in [1.29, 1.82) is 0 Å². The first kappa shape index (κ1) is 6.21. The molecule has 0 spiro atoms. The Bertz CT molecular complexity index is 304. The van der Waals surface area contributed by atoms with E-state index in [9.17, 15) is 4.79 Å². The van der Waals surface area contributed by atoms with Gasteiger partial charge in [-0.2, -0.15) is 5.10 Å². The number of aromatic nitrogens is 2. The van der Waals surface area contributed by atoms with Crippen LogP contribution < -0.4 is 10.6 Å². The zero-order valence-corrected chi connectivity index (χ0v) is 6.09. The second-order valence-corrected chi connectivity index (χ2v) is 2.43. The summed E-state index contributed by atoms with van der Waals surface area (Å²) in [7, 11) is 1.82. The monoisotopic (exact) mass is 152 g/mol. The Labute approximate surface area is 63.4 Å². The number of hydrogen-bond donors (Lipinski definition) is 2. The highest BCUT2D eigenvalue weighted by molar-refractivity contribution is 5.99. The first-order valence-corrected chi connectivity index (χ1v) is 3.33. The normalized spacial score (nSPS) is 15.2. The van der Waals surface area contributed by atoms with Crippen LogP contribution in [0.1, 0.15) is 0 Å². The lowest BCUT2D eigenvalue weighted by Crippen LogP contribution is -2.27. The molecular weight excluding hydrogens is 144 g/mol. The molecule has 0 atom stereocenters. The molecule has 0 fully saturated rings. The van der Waals surface area contributed by atoms with Gasteiger partial charge in [0.15, 0.2) is 0 Å². The van der Waals surface area contributed by atoms with Crippen LogP contribution in [-0.4, -0.2) is 22.2 Å². The van der Waals surface area contributed by atoms with Crippen molar-refractivity contribution in [3.8, 4) is 0 Å². The summed E-state index contributed by atoms with van der Waals surface area (Å²) in [5, 5.41) is 9.62. The zero-order valence-electron chi connectivity index (χ0n) is 6.09. The molecule has 2 N–H and O–H groups in total. The summed E-state index contributed by atoms with van der Waals surface area (Å²) in [6, 6.07) is 0. The van der Waals surface area contributed by atoms with E-state index < -0.39 is 0 Å². The molecule has 0 saturated carbocycles. The van der Waals surface area contributed by atoms with E-state index in [2.05, 4.69) is 15.7 Å². The molecule has 0 unspecified atom stereocenters. The Morgan fingerprint density at radius 2 is 2.55 bits per heavy atom. The fourth-order valence-corrected chi connectivity index (χ4v) is 1.10. The lowest BCUT2D eigenvalue weighted by atomic mass is 10.4. The molecule has 0 aliphatic carbocycles. The van der Waals surface area contributed by atoms with Gasteiger partial charge in [0, 0.05) is 7.05 Å². The molecule has 2 rings (SSSR count). The van der Waals surface area contributed by atoms with Crippen molar-refractivity contribution in [1.82, 2.24) is 9.78 Å². The van der Waals surface area contributed by atoms with E-state index in [-0.39, 0.29) is 5.91 Å². The topological polar surface area (TPSA) is 59.0 Å². The molecule has 0 radical (unpaired) electrons. The van der Waals surface area contributed by atoms with Crippen molar-refractivity contribution in [3.63, 3.8) is 0 Å². The SMILES string of the molecule is Cn1ncc2c1NCC(=O)N2. The first-order valence-electron chi connectivity index (χ1n) is 3.33. The summed E-state index contributed by atoms with van der Waals surface area (Å²) in [6.07, 6.45) is 1.62. The fourth-order valence-electron chi connectivity index (χ4n) is 1.10. The van der Waals surface area contributed by atoms with E-state index in [1.165, 1.54) is 0 Å². The molecule has 11 heavy (non-hydrogen) atoms. The second-order valence-electron chi connectivity index (χ2n) is 2.43. The molecule has 0 bridgehead atoms. The summed E-state index contributed by atoms with van der Waals surface area (Å²) in [5.74, 6) is 0.843. The molecule has 0 saturated heterocycles. The fraction of sp³-hybridized carbons (Fsp3) is 0.333. The number of nitrogens with zero attached hydrogens (tertiary/aromatic N) is 2. The summed E-state index contributed by atoms with van der Waals surface area (Å²) in [5.41, 5.74) is 0.753. The quantitative estimate of drug-likeness (QED) is 0.540. The minimum atomic E-state index is -0.0227. The molecule has 5 heteroatoms. The first-order chi connectivity index (χ1) is 5.27. The van der Waals surface area contributed by atoms with Crippen LogP contribution >= 0.6 is 0 Å². The third-order valence-electron chi connectivity index (χ3n) is 1.63. The molecule has 0 aromatic carbocycles. The van der Waals surface area contributed by atoms with Gasteiger partial charge in [-0.05, 0) is 0 Å². The van der Waals surface area contributed by atoms with E-state index in [0.29, 0.717) is 6.54 Å². The van der Waals surface area contributed by atoms with Gasteiger partial charge in [-0.15, -0.1) is 0 Å². The molecule has 1 aliphatic heterocycles. The van der Waals surface area contributed by atoms with Gasteiger partial charge in [-0.25, -0.2) is 0 Å². The van der Waals surface area contributed by atoms with Crippen molar-refractivity contribution in [2.24, 2.45) is 7.05 Å². The van der Waals surface area contributed by atoms with Gasteiger partial charge >= 0.3 is 0 Å². The van der Waals surface area contributed by atoms with E-state index in [1.807, 2.05) is 7.05 Å². The van der Waals surface area contributed by atoms with Gasteiger partial charge in [-0.1, -0.05) is 0 Å². The molecule has 5 nitrogen and oxygen atoms in total. The average molecular weight is 152 g/mol. The van der Waals surface area contributed by atoms with Gasteiger partial charge in [0.1, 0.15) is 11.5 Å². The number of aryl methyl sites for hydroxylation is 1. The standard InChI is InChI=1S/C6H8N4O/c1-10-6-4(2-8-10)9-5(11)3-7-6/h2,7H,3H2,1H3,(H,9,11). The predicted octanol–water partition coefficient (Wildman–Crippen LogP) is -0.216. The highest BCUT2D eigenvalue weighted by Crippen LogP contribution is 2.22. The largest absolute Gasteiger partial charge is 0.359 e. The Balaban J connectivity index is 2.44. The van der Waals surface area contributed by atoms with Crippen molar-refractivity contribution >= 4 is 17.4 Å². The average Bonchev–Trinajstić information content (AvgIpc) is 2.32. The predicted molar refractivity (Wildman–Crippen MR) is 40.3 cm³/mol. The molecule has 1 aromatic heterocycles. The highest BCUT2D eigenvalue weighted by Gasteiger charge is 2.16. The van der Waals surface area contributed by atoms with Gasteiger partial charge in [0.05, 0.1) is 12.7 Å². The van der Waals surface area contributed by atoms with E-state index >= 15 is 0 Å². The number of fused-ring (bicyclic) bond motifs is 1.